The number of para-hydroxylation sites is 1. The molecule has 2 rings (SSSR count). The third-order valence-corrected chi connectivity index (χ3v) is 2.60. The van der Waals surface area contributed by atoms with E-state index in [1.54, 1.807) is 0 Å². The van der Waals surface area contributed by atoms with Crippen LogP contribution in [0.15, 0.2) is 29.3 Å². The maximum Gasteiger partial charge on any atom is 0.189 e. The monoisotopic (exact) mass is 219 g/mol. The molecule has 1 aliphatic heterocycles. The Morgan fingerprint density at radius 2 is 2.31 bits per heavy atom. The van der Waals surface area contributed by atoms with E-state index in [4.69, 9.17) is 10.5 Å². The molecule has 0 bridgehead atoms. The van der Waals surface area contributed by atoms with Crippen LogP contribution in [0.2, 0.25) is 0 Å². The minimum absolute atomic E-state index is 0.115. The third kappa shape index (κ3) is 2.27. The van der Waals surface area contributed by atoms with E-state index in [9.17, 15) is 0 Å². The highest BCUT2D eigenvalue weighted by Gasteiger charge is 2.18. The van der Waals surface area contributed by atoms with Crippen LogP contribution in [0.1, 0.15) is 24.9 Å². The molecule has 86 valence electrons. The molecule has 1 atom stereocenters. The molecular weight excluding hydrogens is 202 g/mol. The second-order valence-electron chi connectivity index (χ2n) is 3.72. The quantitative estimate of drug-likeness (QED) is 0.808. The van der Waals surface area contributed by atoms with Gasteiger partial charge < -0.3 is 15.8 Å². The lowest BCUT2D eigenvalue weighted by molar-refractivity contribution is 0.333. The van der Waals surface area contributed by atoms with Crippen LogP contribution in [-0.4, -0.2) is 19.1 Å². The van der Waals surface area contributed by atoms with E-state index < -0.39 is 0 Å². The van der Waals surface area contributed by atoms with Crippen molar-refractivity contribution in [1.82, 2.24) is 5.32 Å². The molecule has 0 radical (unpaired) electrons. The lowest BCUT2D eigenvalue weighted by Crippen LogP contribution is -2.36. The summed E-state index contributed by atoms with van der Waals surface area (Å²) in [4.78, 5) is 4.40. The summed E-state index contributed by atoms with van der Waals surface area (Å²) in [6.07, 6.45) is 0.949. The second kappa shape index (κ2) is 4.88. The number of ether oxygens (including phenoxy) is 1. The number of hydrogen-bond donors (Lipinski definition) is 2. The van der Waals surface area contributed by atoms with Gasteiger partial charge in [-0.05, 0) is 19.4 Å². The number of aliphatic imine (C=N–C) groups is 1. The Morgan fingerprint density at radius 1 is 1.50 bits per heavy atom. The van der Waals surface area contributed by atoms with Crippen LogP contribution in [0.3, 0.4) is 0 Å². The van der Waals surface area contributed by atoms with Crippen LogP contribution < -0.4 is 15.8 Å². The Balaban J connectivity index is 2.28. The van der Waals surface area contributed by atoms with Gasteiger partial charge in [0.25, 0.3) is 0 Å². The van der Waals surface area contributed by atoms with E-state index in [0.717, 1.165) is 24.3 Å². The zero-order valence-electron chi connectivity index (χ0n) is 9.44. The van der Waals surface area contributed by atoms with Gasteiger partial charge in [-0.3, -0.25) is 0 Å². The van der Waals surface area contributed by atoms with Crippen molar-refractivity contribution in [3.05, 3.63) is 29.8 Å². The van der Waals surface area contributed by atoms with Crippen molar-refractivity contribution in [2.24, 2.45) is 10.7 Å². The molecule has 0 saturated heterocycles. The first-order valence-corrected chi connectivity index (χ1v) is 5.60. The van der Waals surface area contributed by atoms with E-state index >= 15 is 0 Å². The fraction of sp³-hybridized carbons (Fsp3) is 0.417. The predicted octanol–water partition coefficient (Wildman–Crippen LogP) is 1.43. The number of guanidine groups is 1. The topological polar surface area (TPSA) is 59.6 Å². The first-order chi connectivity index (χ1) is 7.81. The highest BCUT2D eigenvalue weighted by molar-refractivity contribution is 5.78. The van der Waals surface area contributed by atoms with E-state index in [-0.39, 0.29) is 6.04 Å². The zero-order valence-corrected chi connectivity index (χ0v) is 9.44. The highest BCUT2D eigenvalue weighted by Crippen LogP contribution is 2.30. The SMILES string of the molecule is CCOc1ccccc1C1CCNC(N)=N1. The van der Waals surface area contributed by atoms with E-state index in [2.05, 4.69) is 16.4 Å². The smallest absolute Gasteiger partial charge is 0.189 e. The minimum Gasteiger partial charge on any atom is -0.494 e. The molecule has 1 aliphatic rings. The maximum absolute atomic E-state index is 5.68. The predicted molar refractivity (Wildman–Crippen MR) is 64.6 cm³/mol. The third-order valence-electron chi connectivity index (χ3n) is 2.60. The molecule has 4 nitrogen and oxygen atoms in total. The Bertz CT molecular complexity index is 390. The molecule has 3 N–H and O–H groups in total. The van der Waals surface area contributed by atoms with E-state index in [1.165, 1.54) is 0 Å². The van der Waals surface area contributed by atoms with Crippen molar-refractivity contribution >= 4 is 5.96 Å². The van der Waals surface area contributed by atoms with Gasteiger partial charge in [0.2, 0.25) is 0 Å². The molecule has 1 aromatic carbocycles. The summed E-state index contributed by atoms with van der Waals surface area (Å²) in [5, 5.41) is 3.02. The second-order valence-corrected chi connectivity index (χ2v) is 3.72. The molecule has 0 aliphatic carbocycles. The zero-order chi connectivity index (χ0) is 11.4. The van der Waals surface area contributed by atoms with Crippen molar-refractivity contribution in [2.75, 3.05) is 13.2 Å². The van der Waals surface area contributed by atoms with Crippen LogP contribution in [0.4, 0.5) is 0 Å². The summed E-state index contributed by atoms with van der Waals surface area (Å²) in [6.45, 7) is 3.51. The average molecular weight is 219 g/mol. The Labute approximate surface area is 95.5 Å². The van der Waals surface area contributed by atoms with Crippen molar-refractivity contribution in [3.8, 4) is 5.75 Å². The fourth-order valence-electron chi connectivity index (χ4n) is 1.88. The molecule has 0 fully saturated rings. The maximum atomic E-state index is 5.68. The summed E-state index contributed by atoms with van der Waals surface area (Å²) in [5.74, 6) is 1.43. The standard InChI is InChI=1S/C12H17N3O/c1-2-16-11-6-4-3-5-9(11)10-7-8-14-12(13)15-10/h3-6,10H,2,7-8H2,1H3,(H3,13,14,15). The Morgan fingerprint density at radius 3 is 3.06 bits per heavy atom. The van der Waals surface area contributed by atoms with Crippen molar-refractivity contribution in [1.29, 1.82) is 0 Å². The summed E-state index contributed by atoms with van der Waals surface area (Å²) in [5.41, 5.74) is 6.80. The molecule has 0 aromatic heterocycles. The molecule has 0 spiro atoms. The number of hydrogen-bond acceptors (Lipinski definition) is 4. The number of nitrogens with zero attached hydrogens (tertiary/aromatic N) is 1. The number of rotatable bonds is 3. The van der Waals surface area contributed by atoms with Gasteiger partial charge in [0.05, 0.1) is 12.6 Å². The fourth-order valence-corrected chi connectivity index (χ4v) is 1.88. The average Bonchev–Trinajstić information content (AvgIpc) is 2.30. The van der Waals surface area contributed by atoms with Gasteiger partial charge in [0, 0.05) is 12.1 Å². The first kappa shape index (κ1) is 10.8. The molecule has 1 unspecified atom stereocenters. The van der Waals surface area contributed by atoms with Gasteiger partial charge in [0.15, 0.2) is 5.96 Å². The molecule has 4 heteroatoms. The Kier molecular flexibility index (Phi) is 3.29. The van der Waals surface area contributed by atoms with Gasteiger partial charge in [-0.25, -0.2) is 4.99 Å². The van der Waals surface area contributed by atoms with Gasteiger partial charge in [0.1, 0.15) is 5.75 Å². The van der Waals surface area contributed by atoms with E-state index in [0.29, 0.717) is 12.6 Å². The molecule has 16 heavy (non-hydrogen) atoms. The Hall–Kier alpha value is -1.71. The lowest BCUT2D eigenvalue weighted by Gasteiger charge is -2.22. The molecule has 0 saturated carbocycles. The van der Waals surface area contributed by atoms with Crippen molar-refractivity contribution in [2.45, 2.75) is 19.4 Å². The molecule has 1 aromatic rings. The van der Waals surface area contributed by atoms with Crippen molar-refractivity contribution < 1.29 is 4.74 Å². The van der Waals surface area contributed by atoms with Crippen LogP contribution in [0.25, 0.3) is 0 Å². The van der Waals surface area contributed by atoms with E-state index in [1.807, 2.05) is 25.1 Å². The van der Waals surface area contributed by atoms with Crippen molar-refractivity contribution in [3.63, 3.8) is 0 Å². The van der Waals surface area contributed by atoms with Crippen LogP contribution >= 0.6 is 0 Å². The largest absolute Gasteiger partial charge is 0.494 e. The van der Waals surface area contributed by atoms with Crippen LogP contribution in [-0.2, 0) is 0 Å². The summed E-state index contributed by atoms with van der Waals surface area (Å²) < 4.78 is 5.59. The number of nitrogens with one attached hydrogen (secondary N) is 1. The number of benzene rings is 1. The lowest BCUT2D eigenvalue weighted by atomic mass is 10.0. The van der Waals surface area contributed by atoms with Gasteiger partial charge in [-0.1, -0.05) is 18.2 Å². The summed E-state index contributed by atoms with van der Waals surface area (Å²) in [6, 6.07) is 8.13. The number of nitrogens with two attached hydrogens (primary N) is 1. The first-order valence-electron chi connectivity index (χ1n) is 5.60. The highest BCUT2D eigenvalue weighted by atomic mass is 16.5. The van der Waals surface area contributed by atoms with Gasteiger partial charge in [-0.15, -0.1) is 0 Å². The normalized spacial score (nSPS) is 19.8. The van der Waals surface area contributed by atoms with Crippen LogP contribution in [0, 0.1) is 0 Å². The minimum atomic E-state index is 0.115. The summed E-state index contributed by atoms with van der Waals surface area (Å²) >= 11 is 0. The molecule has 0 amide bonds. The van der Waals surface area contributed by atoms with Gasteiger partial charge in [-0.2, -0.15) is 0 Å². The molecule has 1 heterocycles. The summed E-state index contributed by atoms with van der Waals surface area (Å²) in [7, 11) is 0. The molecular formula is C12H17N3O. The van der Waals surface area contributed by atoms with Gasteiger partial charge >= 0.3 is 0 Å². The van der Waals surface area contributed by atoms with Crippen LogP contribution in [0.5, 0.6) is 5.75 Å².